The maximum absolute atomic E-state index is 12.4. The lowest BCUT2D eigenvalue weighted by Crippen LogP contribution is -2.13. The molecule has 1 aromatic rings. The number of thioether (sulfide) groups is 1. The Labute approximate surface area is 196 Å². The molecule has 1 unspecified atom stereocenters. The van der Waals surface area contributed by atoms with Crippen LogP contribution in [0, 0.1) is 18.8 Å². The predicted octanol–water partition coefficient (Wildman–Crippen LogP) is 5.58. The normalized spacial score (nSPS) is 22.9. The average molecular weight is 511 g/mol. The Balaban J connectivity index is 1.89. The van der Waals surface area contributed by atoms with Crippen LogP contribution in [0.1, 0.15) is 43.4 Å². The zero-order valence-electron chi connectivity index (χ0n) is 17.2. The number of carbonyl (C=O) groups is 2. The number of carbonyl (C=O) groups excluding carboxylic acids is 1. The fourth-order valence-corrected chi connectivity index (χ4v) is 6.46. The predicted molar refractivity (Wildman–Crippen MR) is 129 cm³/mol. The molecule has 0 amide bonds. The van der Waals surface area contributed by atoms with E-state index < -0.39 is 12.1 Å². The van der Waals surface area contributed by atoms with E-state index in [-0.39, 0.29) is 24.0 Å². The Morgan fingerprint density at radius 1 is 1.40 bits per heavy atom. The highest BCUT2D eigenvalue weighted by atomic mass is 79.9. The van der Waals surface area contributed by atoms with Crippen molar-refractivity contribution in [3.05, 3.63) is 39.2 Å². The van der Waals surface area contributed by atoms with Gasteiger partial charge in [-0.25, -0.2) is 0 Å². The minimum absolute atomic E-state index is 0.0226. The maximum atomic E-state index is 12.4. The van der Waals surface area contributed by atoms with Crippen molar-refractivity contribution >= 4 is 58.6 Å². The molecule has 30 heavy (non-hydrogen) atoms. The molecule has 0 aliphatic heterocycles. The zero-order valence-corrected chi connectivity index (χ0v) is 20.4. The summed E-state index contributed by atoms with van der Waals surface area (Å²) in [6, 6.07) is 2.05. The van der Waals surface area contributed by atoms with E-state index in [0.29, 0.717) is 44.2 Å². The quantitative estimate of drug-likeness (QED) is 0.166. The number of aliphatic hydroxyl groups excluding tert-OH is 1. The standard InChI is InChI=1S/C22H28BBrO4S2/c1-14-19(24)11-22(30-14)29-13-16(25)8-9-17-15(12-23)10-20(26)18(17)6-4-2-3-5-7-21(27)28/h2,4,9,11,15,18,20,26H,3,5-8,10,12-13H2,1H3,(H,27,28)/t15-,18+,20?/m0/s1. The maximum Gasteiger partial charge on any atom is 0.303 e. The molecule has 1 fully saturated rings. The second kappa shape index (κ2) is 12.9. The number of aliphatic carboxylic acids is 1. The zero-order chi connectivity index (χ0) is 22.1. The van der Waals surface area contributed by atoms with Crippen LogP contribution < -0.4 is 0 Å². The van der Waals surface area contributed by atoms with E-state index >= 15 is 0 Å². The molecular formula is C22H28BBrO4S2. The second-order valence-electron chi connectivity index (χ2n) is 7.54. The number of hydrogen-bond donors (Lipinski definition) is 2. The highest BCUT2D eigenvalue weighted by Gasteiger charge is 2.35. The largest absolute Gasteiger partial charge is 0.481 e. The molecule has 162 valence electrons. The van der Waals surface area contributed by atoms with Crippen LogP contribution in [0.3, 0.4) is 0 Å². The van der Waals surface area contributed by atoms with Gasteiger partial charge in [0, 0.05) is 28.1 Å². The highest BCUT2D eigenvalue weighted by Crippen LogP contribution is 2.41. The number of carboxylic acid groups (broad SMARTS) is 1. The van der Waals surface area contributed by atoms with Crippen LogP contribution in [0.15, 0.2) is 38.5 Å². The Kier molecular flexibility index (Phi) is 10.9. The van der Waals surface area contributed by atoms with Gasteiger partial charge in [-0.05, 0) is 60.5 Å². The van der Waals surface area contributed by atoms with Crippen LogP contribution in [-0.4, -0.2) is 41.7 Å². The van der Waals surface area contributed by atoms with E-state index in [2.05, 4.69) is 15.9 Å². The number of hydrogen-bond acceptors (Lipinski definition) is 5. The number of Topliss-reactive ketones (excluding diaryl/α,β-unsaturated/α-hetero) is 1. The van der Waals surface area contributed by atoms with Gasteiger partial charge in [-0.1, -0.05) is 30.1 Å². The van der Waals surface area contributed by atoms with Crippen LogP contribution in [0.2, 0.25) is 6.32 Å². The third-order valence-corrected chi connectivity index (χ3v) is 8.67. The van der Waals surface area contributed by atoms with Gasteiger partial charge in [0.05, 0.1) is 23.9 Å². The van der Waals surface area contributed by atoms with E-state index in [9.17, 15) is 14.7 Å². The van der Waals surface area contributed by atoms with E-state index in [1.165, 1.54) is 4.88 Å². The number of halogens is 1. The summed E-state index contributed by atoms with van der Waals surface area (Å²) < 4.78 is 2.21. The fraction of sp³-hybridized carbons (Fsp3) is 0.545. The minimum atomic E-state index is -0.782. The summed E-state index contributed by atoms with van der Waals surface area (Å²) in [6.07, 6.45) is 9.14. The summed E-state index contributed by atoms with van der Waals surface area (Å²) >= 11 is 6.74. The van der Waals surface area contributed by atoms with Crippen molar-refractivity contribution in [3.63, 3.8) is 0 Å². The molecule has 0 spiro atoms. The molecule has 0 saturated heterocycles. The summed E-state index contributed by atoms with van der Waals surface area (Å²) in [7, 11) is 5.91. The average Bonchev–Trinajstić information content (AvgIpc) is 3.19. The lowest BCUT2D eigenvalue weighted by atomic mass is 9.84. The molecule has 1 aromatic heterocycles. The van der Waals surface area contributed by atoms with E-state index in [4.69, 9.17) is 13.0 Å². The lowest BCUT2D eigenvalue weighted by Gasteiger charge is -2.16. The fourth-order valence-electron chi connectivity index (χ4n) is 3.64. The number of thiophene rings is 1. The summed E-state index contributed by atoms with van der Waals surface area (Å²) in [5.74, 6) is -0.0994. The van der Waals surface area contributed by atoms with Gasteiger partial charge in [0.2, 0.25) is 0 Å². The summed E-state index contributed by atoms with van der Waals surface area (Å²) in [5, 5.41) is 19.2. The third-order valence-electron chi connectivity index (χ3n) is 5.27. The molecule has 2 radical (unpaired) electrons. The van der Waals surface area contributed by atoms with Crippen molar-refractivity contribution in [2.75, 3.05) is 5.75 Å². The minimum Gasteiger partial charge on any atom is -0.481 e. The van der Waals surface area contributed by atoms with Crippen molar-refractivity contribution in [2.24, 2.45) is 11.8 Å². The van der Waals surface area contributed by atoms with Crippen molar-refractivity contribution in [3.8, 4) is 0 Å². The SMILES string of the molecule is [B]C[C@@H]1CC(O)[C@H](CC=CCCCC(=O)O)C1=CCC(=O)CSc1cc(Br)c(C)s1. The molecule has 2 rings (SSSR count). The van der Waals surface area contributed by atoms with Crippen molar-refractivity contribution < 1.29 is 19.8 Å². The van der Waals surface area contributed by atoms with Crippen LogP contribution in [0.25, 0.3) is 0 Å². The third kappa shape index (κ3) is 8.02. The van der Waals surface area contributed by atoms with Gasteiger partial charge in [-0.2, -0.15) is 0 Å². The van der Waals surface area contributed by atoms with Gasteiger partial charge >= 0.3 is 5.97 Å². The second-order valence-corrected chi connectivity index (χ2v) is 10.9. The molecule has 1 aliphatic carbocycles. The monoisotopic (exact) mass is 510 g/mol. The Bertz CT molecular complexity index is 771. The molecule has 8 heteroatoms. The van der Waals surface area contributed by atoms with E-state index in [0.717, 1.165) is 14.3 Å². The van der Waals surface area contributed by atoms with Crippen molar-refractivity contribution in [2.45, 2.75) is 62.1 Å². The highest BCUT2D eigenvalue weighted by molar-refractivity contribution is 9.10. The lowest BCUT2D eigenvalue weighted by molar-refractivity contribution is -0.137. The molecule has 1 saturated carbocycles. The Hall–Kier alpha value is -0.825. The number of unbranched alkanes of at least 4 members (excludes halogenated alkanes) is 1. The van der Waals surface area contributed by atoms with Gasteiger partial charge < -0.3 is 10.2 Å². The molecule has 0 aromatic carbocycles. The number of aryl methyl sites for hydroxylation is 1. The Morgan fingerprint density at radius 3 is 2.80 bits per heavy atom. The van der Waals surface area contributed by atoms with Gasteiger partial charge in [-0.15, -0.1) is 23.1 Å². The van der Waals surface area contributed by atoms with Crippen LogP contribution >= 0.6 is 39.0 Å². The van der Waals surface area contributed by atoms with Crippen LogP contribution in [-0.2, 0) is 9.59 Å². The number of rotatable bonds is 12. The Morgan fingerprint density at radius 2 is 2.17 bits per heavy atom. The number of aliphatic hydroxyl groups is 1. The molecule has 3 atom stereocenters. The van der Waals surface area contributed by atoms with Crippen LogP contribution in [0.5, 0.6) is 0 Å². The van der Waals surface area contributed by atoms with Crippen molar-refractivity contribution in [1.29, 1.82) is 0 Å². The molecule has 4 nitrogen and oxygen atoms in total. The molecule has 0 bridgehead atoms. The van der Waals surface area contributed by atoms with Gasteiger partial charge in [-0.3, -0.25) is 9.59 Å². The summed E-state index contributed by atoms with van der Waals surface area (Å²) in [6.45, 7) is 2.05. The van der Waals surface area contributed by atoms with Crippen molar-refractivity contribution in [1.82, 2.24) is 0 Å². The first-order chi connectivity index (χ1) is 14.3. The molecule has 1 heterocycles. The first-order valence-electron chi connectivity index (χ1n) is 10.2. The summed E-state index contributed by atoms with van der Waals surface area (Å²) in [4.78, 5) is 24.2. The summed E-state index contributed by atoms with van der Waals surface area (Å²) in [5.41, 5.74) is 1.09. The topological polar surface area (TPSA) is 74.6 Å². The van der Waals surface area contributed by atoms with Gasteiger partial charge in [0.1, 0.15) is 5.78 Å². The number of allylic oxidation sites excluding steroid dienone is 3. The van der Waals surface area contributed by atoms with Gasteiger partial charge in [0.25, 0.3) is 0 Å². The van der Waals surface area contributed by atoms with Gasteiger partial charge in [0.15, 0.2) is 0 Å². The molecule has 1 aliphatic rings. The molecule has 2 N–H and O–H groups in total. The van der Waals surface area contributed by atoms with Crippen LogP contribution in [0.4, 0.5) is 0 Å². The number of carboxylic acids is 1. The van der Waals surface area contributed by atoms with E-state index in [1.807, 2.05) is 31.2 Å². The van der Waals surface area contributed by atoms with E-state index in [1.54, 1.807) is 23.1 Å². The first-order valence-corrected chi connectivity index (χ1v) is 12.8. The number of ketones is 1. The molecular weight excluding hydrogens is 483 g/mol. The smallest absolute Gasteiger partial charge is 0.303 e. The first kappa shape index (κ1) is 25.4.